The van der Waals surface area contributed by atoms with Gasteiger partial charge < -0.3 is 25.3 Å². The Morgan fingerprint density at radius 1 is 1.05 bits per heavy atom. The summed E-state index contributed by atoms with van der Waals surface area (Å²) in [5.74, 6) is -0.340. The van der Waals surface area contributed by atoms with Gasteiger partial charge in [-0.2, -0.15) is 0 Å². The molecule has 2 N–H and O–H groups in total. The molecule has 1 saturated carbocycles. The van der Waals surface area contributed by atoms with Crippen molar-refractivity contribution in [3.8, 4) is 16.9 Å². The molecule has 0 aliphatic heterocycles. The molecule has 6 nitrogen and oxygen atoms in total. The van der Waals surface area contributed by atoms with Gasteiger partial charge in [0.25, 0.3) is 5.91 Å². The van der Waals surface area contributed by atoms with Gasteiger partial charge in [-0.15, -0.1) is 0 Å². The fraction of sp³-hybridized carbons (Fsp3) is 0.375. The first-order chi connectivity index (χ1) is 18.2. The highest BCUT2D eigenvalue weighted by atomic mass is 16.5. The van der Waals surface area contributed by atoms with Gasteiger partial charge in [-0.05, 0) is 127 Å². The van der Waals surface area contributed by atoms with E-state index in [2.05, 4.69) is 67.8 Å². The normalized spacial score (nSPS) is 16.7. The Morgan fingerprint density at radius 3 is 2.45 bits per heavy atom. The van der Waals surface area contributed by atoms with Gasteiger partial charge in [0, 0.05) is 25.2 Å². The number of ether oxygens (including phenoxy) is 1. The zero-order valence-corrected chi connectivity index (χ0v) is 22.6. The van der Waals surface area contributed by atoms with Gasteiger partial charge in [0.2, 0.25) is 0 Å². The first kappa shape index (κ1) is 25.8. The average Bonchev–Trinajstić information content (AvgIpc) is 3.59. The number of anilines is 1. The summed E-state index contributed by atoms with van der Waals surface area (Å²) in [6, 6.07) is 16.8. The van der Waals surface area contributed by atoms with Crippen LogP contribution in [0.4, 0.5) is 5.69 Å². The van der Waals surface area contributed by atoms with E-state index in [-0.39, 0.29) is 30.3 Å². The standard InChI is InChI=1S/C32H36N2O4/c1-19-12-25(38-18-29(35)33-4)13-20(2)31(19)26-7-5-6-22(21(26)3)17-34-24-8-9-27-23(14-24)16-32(10-11-32)28(27)15-30(36)37/h5-9,12-14,28,34H,10-11,15-18H2,1-4H3,(H,33,35)(H,36,37)/p-1. The third-order valence-electron chi connectivity index (χ3n) is 8.42. The third-order valence-corrected chi connectivity index (χ3v) is 8.42. The highest BCUT2D eigenvalue weighted by Gasteiger charge is 2.53. The number of carboxylic acid groups (broad SMARTS) is 1. The first-order valence-electron chi connectivity index (χ1n) is 13.3. The number of rotatable bonds is 9. The van der Waals surface area contributed by atoms with E-state index >= 15 is 0 Å². The largest absolute Gasteiger partial charge is 0.550 e. The van der Waals surface area contributed by atoms with E-state index in [4.69, 9.17) is 4.74 Å². The van der Waals surface area contributed by atoms with Crippen molar-refractivity contribution in [1.82, 2.24) is 5.32 Å². The molecule has 0 saturated heterocycles. The number of carbonyl (C=O) groups is 2. The van der Waals surface area contributed by atoms with Crippen LogP contribution in [0.1, 0.15) is 58.6 Å². The number of fused-ring (bicyclic) bond motifs is 1. The SMILES string of the molecule is CNC(=O)COc1cc(C)c(-c2cccc(CNc3ccc4c(c3)CC3(CC3)C4CC(=O)[O-])c2C)c(C)c1. The van der Waals surface area contributed by atoms with Gasteiger partial charge in [0.1, 0.15) is 5.75 Å². The Hall–Kier alpha value is -3.80. The maximum Gasteiger partial charge on any atom is 0.257 e. The monoisotopic (exact) mass is 511 g/mol. The van der Waals surface area contributed by atoms with Crippen LogP contribution in [0.15, 0.2) is 48.5 Å². The minimum absolute atomic E-state index is 0.00396. The van der Waals surface area contributed by atoms with Crippen molar-refractivity contribution in [2.75, 3.05) is 19.0 Å². The zero-order valence-electron chi connectivity index (χ0n) is 22.6. The highest BCUT2D eigenvalue weighted by molar-refractivity contribution is 5.78. The summed E-state index contributed by atoms with van der Waals surface area (Å²) in [4.78, 5) is 22.9. The molecule has 0 heterocycles. The van der Waals surface area contributed by atoms with Crippen LogP contribution in [-0.2, 0) is 22.6 Å². The molecule has 0 radical (unpaired) electrons. The number of hydrogen-bond acceptors (Lipinski definition) is 5. The van der Waals surface area contributed by atoms with E-state index in [1.165, 1.54) is 33.4 Å². The van der Waals surface area contributed by atoms with Gasteiger partial charge >= 0.3 is 0 Å². The molecular formula is C32H35N2O4-. The van der Waals surface area contributed by atoms with Crippen molar-refractivity contribution in [1.29, 1.82) is 0 Å². The van der Waals surface area contributed by atoms with Gasteiger partial charge in [0.15, 0.2) is 6.61 Å². The summed E-state index contributed by atoms with van der Waals surface area (Å²) in [6.45, 7) is 6.99. The van der Waals surface area contributed by atoms with Crippen LogP contribution in [0, 0.1) is 26.2 Å². The van der Waals surface area contributed by atoms with Crippen LogP contribution in [0.25, 0.3) is 11.1 Å². The summed E-state index contributed by atoms with van der Waals surface area (Å²) < 4.78 is 5.67. The number of aliphatic carboxylic acids is 1. The molecule has 1 amide bonds. The second-order valence-electron chi connectivity index (χ2n) is 10.9. The number of carboxylic acids is 1. The van der Waals surface area contributed by atoms with E-state index in [1.807, 2.05) is 12.1 Å². The number of likely N-dealkylation sites (N-methyl/N-ethyl adjacent to an activating group) is 1. The lowest BCUT2D eigenvalue weighted by Gasteiger charge is -2.20. The van der Waals surface area contributed by atoms with Gasteiger partial charge in [-0.3, -0.25) is 4.79 Å². The van der Waals surface area contributed by atoms with Crippen molar-refractivity contribution < 1.29 is 19.4 Å². The van der Waals surface area contributed by atoms with Crippen molar-refractivity contribution in [2.45, 2.75) is 58.9 Å². The molecule has 1 spiro atoms. The molecule has 1 unspecified atom stereocenters. The Bertz CT molecular complexity index is 1380. The predicted molar refractivity (Wildman–Crippen MR) is 147 cm³/mol. The fourth-order valence-electron chi connectivity index (χ4n) is 6.22. The Morgan fingerprint density at radius 2 is 1.79 bits per heavy atom. The topological polar surface area (TPSA) is 90.5 Å². The lowest BCUT2D eigenvalue weighted by molar-refractivity contribution is -0.306. The van der Waals surface area contributed by atoms with Crippen molar-refractivity contribution >= 4 is 17.6 Å². The quantitative estimate of drug-likeness (QED) is 0.439. The van der Waals surface area contributed by atoms with Crippen molar-refractivity contribution in [2.24, 2.45) is 5.41 Å². The number of benzene rings is 3. The average molecular weight is 512 g/mol. The Kier molecular flexibility index (Phi) is 6.91. The van der Waals surface area contributed by atoms with E-state index < -0.39 is 5.97 Å². The number of nitrogens with one attached hydrogen (secondary N) is 2. The van der Waals surface area contributed by atoms with E-state index in [0.29, 0.717) is 12.3 Å². The first-order valence-corrected chi connectivity index (χ1v) is 13.3. The van der Waals surface area contributed by atoms with Crippen LogP contribution in [-0.4, -0.2) is 25.5 Å². The maximum atomic E-state index is 11.6. The smallest absolute Gasteiger partial charge is 0.257 e. The molecule has 1 atom stereocenters. The van der Waals surface area contributed by atoms with Crippen molar-refractivity contribution in [3.05, 3.63) is 81.9 Å². The van der Waals surface area contributed by atoms with Gasteiger partial charge in [-0.1, -0.05) is 24.3 Å². The van der Waals surface area contributed by atoms with E-state index in [0.717, 1.165) is 36.1 Å². The Balaban J connectivity index is 1.33. The summed E-state index contributed by atoms with van der Waals surface area (Å²) in [5, 5.41) is 17.5. The molecule has 0 aromatic heterocycles. The van der Waals surface area contributed by atoms with Gasteiger partial charge in [0.05, 0.1) is 0 Å². The molecule has 6 heteroatoms. The van der Waals surface area contributed by atoms with E-state index in [9.17, 15) is 14.7 Å². The lowest BCUT2D eigenvalue weighted by atomic mass is 9.87. The number of amides is 1. The maximum absolute atomic E-state index is 11.6. The zero-order chi connectivity index (χ0) is 27.0. The summed E-state index contributed by atoms with van der Waals surface area (Å²) in [6.07, 6.45) is 3.29. The Labute approximate surface area is 224 Å². The van der Waals surface area contributed by atoms with Crippen molar-refractivity contribution in [3.63, 3.8) is 0 Å². The molecule has 2 aliphatic rings. The number of aryl methyl sites for hydroxylation is 2. The molecule has 2 aliphatic carbocycles. The minimum atomic E-state index is -0.955. The molecule has 3 aromatic rings. The highest BCUT2D eigenvalue weighted by Crippen LogP contribution is 2.64. The minimum Gasteiger partial charge on any atom is -0.550 e. The third kappa shape index (κ3) is 5.00. The van der Waals surface area contributed by atoms with Crippen LogP contribution in [0.5, 0.6) is 5.75 Å². The van der Waals surface area contributed by atoms with Crippen LogP contribution in [0.2, 0.25) is 0 Å². The summed E-state index contributed by atoms with van der Waals surface area (Å²) >= 11 is 0. The summed E-state index contributed by atoms with van der Waals surface area (Å²) in [7, 11) is 1.60. The predicted octanol–water partition coefficient (Wildman–Crippen LogP) is 4.58. The molecule has 5 rings (SSSR count). The second kappa shape index (κ2) is 10.2. The number of carbonyl (C=O) groups excluding carboxylic acids is 2. The molecule has 3 aromatic carbocycles. The molecule has 38 heavy (non-hydrogen) atoms. The molecule has 1 fully saturated rings. The molecule has 0 bridgehead atoms. The lowest BCUT2D eigenvalue weighted by Crippen LogP contribution is -2.26. The van der Waals surface area contributed by atoms with Gasteiger partial charge in [-0.25, -0.2) is 0 Å². The molecule has 198 valence electrons. The van der Waals surface area contributed by atoms with Crippen LogP contribution in [0.3, 0.4) is 0 Å². The number of hydrogen-bond donors (Lipinski definition) is 2. The van der Waals surface area contributed by atoms with Crippen LogP contribution < -0.4 is 20.5 Å². The van der Waals surface area contributed by atoms with E-state index in [1.54, 1.807) is 7.05 Å². The van der Waals surface area contributed by atoms with Crippen LogP contribution >= 0.6 is 0 Å². The summed E-state index contributed by atoms with van der Waals surface area (Å²) in [5.41, 5.74) is 10.7. The second-order valence-corrected chi connectivity index (χ2v) is 10.9. The fourth-order valence-corrected chi connectivity index (χ4v) is 6.22. The molecular weight excluding hydrogens is 476 g/mol.